The highest BCUT2D eigenvalue weighted by Gasteiger charge is 2.26. The molecular formula is C15H14N4S. The van der Waals surface area contributed by atoms with E-state index >= 15 is 0 Å². The standard InChI is InChI=1S/C15H14N4S/c1-2-6-17-12(3-1)11-5-8-19(10-11)15-18-13-9-16-7-4-14(13)20-15/h1-4,6-7,9,11H,5,8,10H2. The van der Waals surface area contributed by atoms with Gasteiger partial charge in [-0.15, -0.1) is 0 Å². The van der Waals surface area contributed by atoms with Gasteiger partial charge in [0.25, 0.3) is 0 Å². The van der Waals surface area contributed by atoms with Crippen LogP contribution in [0.5, 0.6) is 0 Å². The van der Waals surface area contributed by atoms with E-state index in [4.69, 9.17) is 0 Å². The van der Waals surface area contributed by atoms with Gasteiger partial charge in [-0.1, -0.05) is 17.4 Å². The average molecular weight is 282 g/mol. The lowest BCUT2D eigenvalue weighted by Gasteiger charge is -2.14. The van der Waals surface area contributed by atoms with Crippen molar-refractivity contribution < 1.29 is 0 Å². The number of hydrogen-bond donors (Lipinski definition) is 0. The Morgan fingerprint density at radius 1 is 1.20 bits per heavy atom. The Morgan fingerprint density at radius 3 is 3.05 bits per heavy atom. The number of rotatable bonds is 2. The minimum Gasteiger partial charge on any atom is -0.347 e. The SMILES string of the molecule is c1ccc(C2CCN(c3nc4cnccc4s3)C2)nc1. The fourth-order valence-corrected chi connectivity index (χ4v) is 3.66. The molecule has 0 radical (unpaired) electrons. The van der Waals surface area contributed by atoms with Crippen molar-refractivity contribution in [2.75, 3.05) is 18.0 Å². The highest BCUT2D eigenvalue weighted by molar-refractivity contribution is 7.22. The largest absolute Gasteiger partial charge is 0.347 e. The third kappa shape index (κ3) is 2.04. The summed E-state index contributed by atoms with van der Waals surface area (Å²) >= 11 is 1.75. The zero-order valence-electron chi connectivity index (χ0n) is 10.9. The average Bonchev–Trinajstić information content (AvgIpc) is 3.14. The molecule has 1 unspecified atom stereocenters. The second-order valence-corrected chi connectivity index (χ2v) is 6.04. The maximum absolute atomic E-state index is 4.68. The molecule has 4 heterocycles. The quantitative estimate of drug-likeness (QED) is 0.724. The molecule has 1 saturated heterocycles. The maximum Gasteiger partial charge on any atom is 0.186 e. The van der Waals surface area contributed by atoms with Crippen molar-refractivity contribution in [1.29, 1.82) is 0 Å². The molecule has 1 fully saturated rings. The van der Waals surface area contributed by atoms with Gasteiger partial charge >= 0.3 is 0 Å². The molecule has 4 rings (SSSR count). The molecule has 100 valence electrons. The van der Waals surface area contributed by atoms with Crippen molar-refractivity contribution in [3.8, 4) is 0 Å². The van der Waals surface area contributed by atoms with Crippen molar-refractivity contribution in [3.63, 3.8) is 0 Å². The van der Waals surface area contributed by atoms with E-state index < -0.39 is 0 Å². The Hall–Kier alpha value is -2.01. The number of pyridine rings is 2. The lowest BCUT2D eigenvalue weighted by molar-refractivity contribution is 0.744. The maximum atomic E-state index is 4.68. The number of thiazole rings is 1. The van der Waals surface area contributed by atoms with Crippen LogP contribution in [0.25, 0.3) is 10.2 Å². The summed E-state index contributed by atoms with van der Waals surface area (Å²) in [5, 5.41) is 1.10. The molecule has 0 aliphatic carbocycles. The van der Waals surface area contributed by atoms with Crippen LogP contribution in [0.15, 0.2) is 42.9 Å². The summed E-state index contributed by atoms with van der Waals surface area (Å²) < 4.78 is 1.20. The predicted molar refractivity (Wildman–Crippen MR) is 81.2 cm³/mol. The highest BCUT2D eigenvalue weighted by Crippen LogP contribution is 2.34. The molecule has 1 aliphatic rings. The van der Waals surface area contributed by atoms with E-state index in [1.54, 1.807) is 11.3 Å². The van der Waals surface area contributed by atoms with Crippen LogP contribution < -0.4 is 4.90 Å². The van der Waals surface area contributed by atoms with Gasteiger partial charge in [-0.05, 0) is 24.6 Å². The molecule has 3 aromatic heterocycles. The first-order valence-corrected chi connectivity index (χ1v) is 7.58. The van der Waals surface area contributed by atoms with Crippen LogP contribution in [-0.4, -0.2) is 28.0 Å². The van der Waals surface area contributed by atoms with E-state index in [2.05, 4.69) is 32.0 Å². The minimum atomic E-state index is 0.515. The molecule has 0 bridgehead atoms. The Balaban J connectivity index is 1.59. The monoisotopic (exact) mass is 282 g/mol. The van der Waals surface area contributed by atoms with E-state index in [-0.39, 0.29) is 0 Å². The van der Waals surface area contributed by atoms with Crippen LogP contribution in [0.2, 0.25) is 0 Å². The second-order valence-electron chi connectivity index (χ2n) is 5.03. The first-order chi connectivity index (χ1) is 9.90. The molecule has 5 heteroatoms. The van der Waals surface area contributed by atoms with Gasteiger partial charge in [0.15, 0.2) is 5.13 Å². The molecular weight excluding hydrogens is 268 g/mol. The number of fused-ring (bicyclic) bond motifs is 1. The molecule has 0 spiro atoms. The van der Waals surface area contributed by atoms with Crippen LogP contribution in [0, 0.1) is 0 Å². The van der Waals surface area contributed by atoms with Crippen LogP contribution in [0.4, 0.5) is 5.13 Å². The minimum absolute atomic E-state index is 0.515. The number of hydrogen-bond acceptors (Lipinski definition) is 5. The van der Waals surface area contributed by atoms with Gasteiger partial charge in [0, 0.05) is 37.1 Å². The van der Waals surface area contributed by atoms with Gasteiger partial charge in [-0.3, -0.25) is 9.97 Å². The number of anilines is 1. The number of aromatic nitrogens is 3. The molecule has 20 heavy (non-hydrogen) atoms. The van der Waals surface area contributed by atoms with E-state index in [9.17, 15) is 0 Å². The zero-order chi connectivity index (χ0) is 13.4. The van der Waals surface area contributed by atoms with Crippen molar-refractivity contribution in [2.24, 2.45) is 0 Å². The van der Waals surface area contributed by atoms with Crippen LogP contribution in [0.3, 0.4) is 0 Å². The summed E-state index contributed by atoms with van der Waals surface area (Å²) in [6.45, 7) is 2.05. The molecule has 4 nitrogen and oxygen atoms in total. The van der Waals surface area contributed by atoms with E-state index in [1.807, 2.05) is 30.7 Å². The Morgan fingerprint density at radius 2 is 2.20 bits per heavy atom. The fourth-order valence-electron chi connectivity index (χ4n) is 2.70. The summed E-state index contributed by atoms with van der Waals surface area (Å²) in [4.78, 5) is 15.7. The predicted octanol–water partition coefficient (Wildman–Crippen LogP) is 3.08. The molecule has 0 N–H and O–H groups in total. The molecule has 0 amide bonds. The van der Waals surface area contributed by atoms with Gasteiger partial charge in [0.1, 0.15) is 5.52 Å². The van der Waals surface area contributed by atoms with Crippen molar-refractivity contribution in [3.05, 3.63) is 48.5 Å². The Bertz CT molecular complexity index is 692. The first kappa shape index (κ1) is 11.8. The smallest absolute Gasteiger partial charge is 0.186 e. The Kier molecular flexibility index (Phi) is 2.85. The summed E-state index contributed by atoms with van der Waals surface area (Å²) in [7, 11) is 0. The molecule has 3 aromatic rings. The van der Waals surface area contributed by atoms with Crippen molar-refractivity contribution in [1.82, 2.24) is 15.0 Å². The summed E-state index contributed by atoms with van der Waals surface area (Å²) in [5.41, 5.74) is 2.19. The van der Waals surface area contributed by atoms with Gasteiger partial charge in [0.05, 0.1) is 10.9 Å². The van der Waals surface area contributed by atoms with Gasteiger partial charge in [-0.25, -0.2) is 4.98 Å². The second kappa shape index (κ2) is 4.83. The fraction of sp³-hybridized carbons (Fsp3) is 0.267. The molecule has 0 saturated carbocycles. The normalized spacial score (nSPS) is 18.8. The summed E-state index contributed by atoms with van der Waals surface area (Å²) in [5.74, 6) is 0.515. The topological polar surface area (TPSA) is 41.9 Å². The lowest BCUT2D eigenvalue weighted by Crippen LogP contribution is -2.19. The zero-order valence-corrected chi connectivity index (χ0v) is 11.8. The van der Waals surface area contributed by atoms with Gasteiger partial charge < -0.3 is 4.90 Å². The molecule has 0 aromatic carbocycles. The van der Waals surface area contributed by atoms with E-state index in [0.29, 0.717) is 5.92 Å². The van der Waals surface area contributed by atoms with Crippen LogP contribution in [0.1, 0.15) is 18.0 Å². The van der Waals surface area contributed by atoms with Crippen molar-refractivity contribution in [2.45, 2.75) is 12.3 Å². The Labute approximate surface area is 121 Å². The first-order valence-electron chi connectivity index (χ1n) is 6.76. The van der Waals surface area contributed by atoms with Crippen LogP contribution >= 0.6 is 11.3 Å². The van der Waals surface area contributed by atoms with E-state index in [0.717, 1.165) is 30.2 Å². The van der Waals surface area contributed by atoms with E-state index in [1.165, 1.54) is 10.4 Å². The lowest BCUT2D eigenvalue weighted by atomic mass is 10.0. The number of nitrogens with zero attached hydrogens (tertiary/aromatic N) is 4. The summed E-state index contributed by atoms with van der Waals surface area (Å²) in [6.07, 6.45) is 6.68. The van der Waals surface area contributed by atoms with Crippen LogP contribution in [-0.2, 0) is 0 Å². The van der Waals surface area contributed by atoms with Gasteiger partial charge in [-0.2, -0.15) is 0 Å². The van der Waals surface area contributed by atoms with Gasteiger partial charge in [0.2, 0.25) is 0 Å². The highest BCUT2D eigenvalue weighted by atomic mass is 32.1. The summed E-state index contributed by atoms with van der Waals surface area (Å²) in [6, 6.07) is 8.18. The molecule has 1 aliphatic heterocycles. The third-order valence-electron chi connectivity index (χ3n) is 3.74. The van der Waals surface area contributed by atoms with Crippen molar-refractivity contribution >= 4 is 26.7 Å². The third-order valence-corrected chi connectivity index (χ3v) is 4.84. The molecule has 1 atom stereocenters.